The molecule has 4 aromatic rings. The second-order valence-electron chi connectivity index (χ2n) is 7.92. The highest BCUT2D eigenvalue weighted by Gasteiger charge is 2.12. The summed E-state index contributed by atoms with van der Waals surface area (Å²) in [4.78, 5) is 35.2. The zero-order valence-corrected chi connectivity index (χ0v) is 24.7. The first kappa shape index (κ1) is 28.7. The Bertz CT molecular complexity index is 1390. The summed E-state index contributed by atoms with van der Waals surface area (Å²) >= 11 is 10.3. The summed E-state index contributed by atoms with van der Waals surface area (Å²) in [6, 6.07) is 29.3. The van der Waals surface area contributed by atoms with Gasteiger partial charge in [0.2, 0.25) is 0 Å². The number of alkyl halides is 1. The number of benzene rings is 4. The van der Waals surface area contributed by atoms with Crippen LogP contribution in [0.5, 0.6) is 0 Å². The van der Waals surface area contributed by atoms with Crippen molar-refractivity contribution in [2.45, 2.75) is 18.9 Å². The number of halogens is 3. The smallest absolute Gasteiger partial charge is 0.302 e. The van der Waals surface area contributed by atoms with E-state index in [0.717, 1.165) is 25.4 Å². The summed E-state index contributed by atoms with van der Waals surface area (Å²) in [6.45, 7) is 1.55. The largest absolute Gasteiger partial charge is 0.461 e. The molecule has 0 saturated heterocycles. The average Bonchev–Trinajstić information content (AvgIpc) is 2.92. The van der Waals surface area contributed by atoms with Crippen LogP contribution < -0.4 is 0 Å². The number of hydrogen-bond donors (Lipinski definition) is 0. The third-order valence-electron chi connectivity index (χ3n) is 5.28. The van der Waals surface area contributed by atoms with E-state index in [4.69, 9.17) is 4.74 Å². The van der Waals surface area contributed by atoms with E-state index in [0.29, 0.717) is 22.3 Å². The molecule has 4 aromatic carbocycles. The van der Waals surface area contributed by atoms with Gasteiger partial charge in [-0.3, -0.25) is 14.4 Å². The number of hydrogen-bond acceptors (Lipinski definition) is 4. The maximum Gasteiger partial charge on any atom is 0.302 e. The van der Waals surface area contributed by atoms with Gasteiger partial charge in [-0.05, 0) is 17.7 Å². The van der Waals surface area contributed by atoms with Crippen molar-refractivity contribution < 1.29 is 19.1 Å². The van der Waals surface area contributed by atoms with E-state index in [-0.39, 0.29) is 24.1 Å². The van der Waals surface area contributed by atoms with Crippen molar-refractivity contribution in [3.63, 3.8) is 0 Å². The standard InChI is InChI=1S/C16H13BrO3.C14H10Br2O/c1-11(18)20-10-14-8-7-13(9-15(14)17)16(19)12-5-3-2-4-6-12;15-9-12-7-6-11(8-13(12)16)14(17)10-4-2-1-3-5-10/h2-9H,10H2,1H3;1-8H,9H2. The topological polar surface area (TPSA) is 60.4 Å². The van der Waals surface area contributed by atoms with Gasteiger partial charge >= 0.3 is 5.97 Å². The number of ketones is 2. The molecule has 0 spiro atoms. The van der Waals surface area contributed by atoms with Gasteiger partial charge in [-0.15, -0.1) is 0 Å². The van der Waals surface area contributed by atoms with Crippen LogP contribution in [0, 0.1) is 0 Å². The molecule has 0 aliphatic carbocycles. The molecule has 0 atom stereocenters. The molecule has 7 heteroatoms. The lowest BCUT2D eigenvalue weighted by Gasteiger charge is -2.07. The summed E-state index contributed by atoms with van der Waals surface area (Å²) in [5, 5.41) is 0.771. The second-order valence-corrected chi connectivity index (χ2v) is 10.2. The van der Waals surface area contributed by atoms with E-state index >= 15 is 0 Å². The minimum Gasteiger partial charge on any atom is -0.461 e. The first-order chi connectivity index (χ1) is 17.8. The van der Waals surface area contributed by atoms with Gasteiger partial charge in [-0.2, -0.15) is 0 Å². The number of esters is 1. The zero-order chi connectivity index (χ0) is 26.8. The molecule has 0 aromatic heterocycles. The van der Waals surface area contributed by atoms with Gasteiger partial charge in [-0.1, -0.05) is 133 Å². The van der Waals surface area contributed by atoms with Crippen LogP contribution in [0.3, 0.4) is 0 Å². The maximum atomic E-state index is 12.3. The van der Waals surface area contributed by atoms with E-state index in [1.807, 2.05) is 66.7 Å². The fourth-order valence-electron chi connectivity index (χ4n) is 3.29. The van der Waals surface area contributed by atoms with E-state index in [9.17, 15) is 14.4 Å². The third kappa shape index (κ3) is 8.32. The molecule has 0 heterocycles. The lowest BCUT2D eigenvalue weighted by molar-refractivity contribution is -0.142. The van der Waals surface area contributed by atoms with Crippen LogP contribution in [0.15, 0.2) is 106 Å². The van der Waals surface area contributed by atoms with Crippen molar-refractivity contribution >= 4 is 65.3 Å². The van der Waals surface area contributed by atoms with Gasteiger partial charge in [0.1, 0.15) is 6.61 Å². The Hall–Kier alpha value is -2.87. The molecule has 4 nitrogen and oxygen atoms in total. The van der Waals surface area contributed by atoms with E-state index in [2.05, 4.69) is 47.8 Å². The molecular formula is C30H23Br3O4. The predicted octanol–water partition coefficient (Wildman–Crippen LogP) is 8.32. The highest BCUT2D eigenvalue weighted by molar-refractivity contribution is 9.11. The Morgan fingerprint density at radius 2 is 1.05 bits per heavy atom. The van der Waals surface area contributed by atoms with Crippen molar-refractivity contribution in [3.8, 4) is 0 Å². The lowest BCUT2D eigenvalue weighted by atomic mass is 10.0. The quantitative estimate of drug-likeness (QED) is 0.112. The first-order valence-electron chi connectivity index (χ1n) is 11.3. The molecule has 0 unspecified atom stereocenters. The van der Waals surface area contributed by atoms with Crippen molar-refractivity contribution in [1.82, 2.24) is 0 Å². The molecular weight excluding hydrogens is 664 g/mol. The summed E-state index contributed by atoms with van der Waals surface area (Å²) < 4.78 is 6.65. The Kier molecular flexibility index (Phi) is 11.0. The summed E-state index contributed by atoms with van der Waals surface area (Å²) in [5.74, 6) is -0.320. The molecule has 0 amide bonds. The highest BCUT2D eigenvalue weighted by Crippen LogP contribution is 2.23. The maximum absolute atomic E-state index is 12.3. The molecule has 0 N–H and O–H groups in total. The van der Waals surface area contributed by atoms with Crippen LogP contribution in [-0.4, -0.2) is 17.5 Å². The minimum absolute atomic E-state index is 0.0367. The Balaban J connectivity index is 0.000000208. The minimum atomic E-state index is -0.332. The van der Waals surface area contributed by atoms with Gasteiger partial charge < -0.3 is 4.74 Å². The molecule has 0 bridgehead atoms. The van der Waals surface area contributed by atoms with Gasteiger partial charge in [-0.25, -0.2) is 0 Å². The molecule has 0 radical (unpaired) electrons. The van der Waals surface area contributed by atoms with E-state index in [1.54, 1.807) is 30.3 Å². The Morgan fingerprint density at radius 1 is 0.622 bits per heavy atom. The number of carbonyl (C=O) groups excluding carboxylic acids is 3. The monoisotopic (exact) mass is 684 g/mol. The molecule has 37 heavy (non-hydrogen) atoms. The molecule has 0 aliphatic rings. The summed E-state index contributed by atoms with van der Waals surface area (Å²) in [6.07, 6.45) is 0. The summed E-state index contributed by atoms with van der Waals surface area (Å²) in [7, 11) is 0. The second kappa shape index (κ2) is 14.2. The fourth-order valence-corrected chi connectivity index (χ4v) is 5.17. The SMILES string of the molecule is CC(=O)OCc1ccc(C(=O)c2ccccc2)cc1Br.O=C(c1ccccc1)c1ccc(CBr)c(Br)c1. The molecule has 0 saturated carbocycles. The fraction of sp³-hybridized carbons (Fsp3) is 0.100. The van der Waals surface area contributed by atoms with Crippen LogP contribution in [0.25, 0.3) is 0 Å². The van der Waals surface area contributed by atoms with Crippen molar-refractivity contribution in [2.24, 2.45) is 0 Å². The van der Waals surface area contributed by atoms with Crippen LogP contribution >= 0.6 is 47.8 Å². The molecule has 188 valence electrons. The number of carbonyl (C=O) groups is 3. The molecule has 0 aliphatic heterocycles. The third-order valence-corrected chi connectivity index (χ3v) is 7.36. The Morgan fingerprint density at radius 3 is 1.43 bits per heavy atom. The van der Waals surface area contributed by atoms with Crippen LogP contribution in [0.2, 0.25) is 0 Å². The van der Waals surface area contributed by atoms with E-state index in [1.165, 1.54) is 6.92 Å². The number of ether oxygens (including phenoxy) is 1. The van der Waals surface area contributed by atoms with Gasteiger partial charge in [0.15, 0.2) is 11.6 Å². The highest BCUT2D eigenvalue weighted by atomic mass is 79.9. The predicted molar refractivity (Wildman–Crippen MR) is 156 cm³/mol. The normalized spacial score (nSPS) is 10.2. The van der Waals surface area contributed by atoms with Crippen LogP contribution in [-0.2, 0) is 21.5 Å². The molecule has 4 rings (SSSR count). The van der Waals surface area contributed by atoms with Crippen LogP contribution in [0.1, 0.15) is 49.9 Å². The average molecular weight is 687 g/mol. The summed E-state index contributed by atoms with van der Waals surface area (Å²) in [5.41, 5.74) is 4.61. The van der Waals surface area contributed by atoms with Gasteiger partial charge in [0.05, 0.1) is 0 Å². The van der Waals surface area contributed by atoms with Crippen molar-refractivity contribution in [2.75, 3.05) is 0 Å². The Labute approximate surface area is 241 Å². The van der Waals surface area contributed by atoms with Gasteiger partial charge in [0, 0.05) is 49.0 Å². The van der Waals surface area contributed by atoms with Crippen molar-refractivity contribution in [1.29, 1.82) is 0 Å². The number of rotatable bonds is 7. The van der Waals surface area contributed by atoms with Crippen molar-refractivity contribution in [3.05, 3.63) is 139 Å². The lowest BCUT2D eigenvalue weighted by Crippen LogP contribution is -2.03. The molecule has 0 fully saturated rings. The van der Waals surface area contributed by atoms with E-state index < -0.39 is 0 Å². The van der Waals surface area contributed by atoms with Gasteiger partial charge in [0.25, 0.3) is 0 Å². The van der Waals surface area contributed by atoms with Crippen LogP contribution in [0.4, 0.5) is 0 Å². The first-order valence-corrected chi connectivity index (χ1v) is 14.0. The zero-order valence-electron chi connectivity index (χ0n) is 19.9.